The summed E-state index contributed by atoms with van der Waals surface area (Å²) in [7, 11) is 0. The molecule has 6 heteroatoms. The lowest BCUT2D eigenvalue weighted by atomic mass is 9.94. The molecule has 1 atom stereocenters. The molecule has 1 heterocycles. The highest BCUT2D eigenvalue weighted by Gasteiger charge is 2.45. The number of piperazine rings is 1. The van der Waals surface area contributed by atoms with E-state index in [1.54, 1.807) is 30.9 Å². The SMILES string of the molecule is CCC1NC(=O)C(C)(C)N(Cc2cccc(Cl)c2Cl)C1=O. The summed E-state index contributed by atoms with van der Waals surface area (Å²) in [4.78, 5) is 26.3. The van der Waals surface area contributed by atoms with Crippen molar-refractivity contribution in [3.63, 3.8) is 0 Å². The normalized spacial score (nSPS) is 21.4. The maximum Gasteiger partial charge on any atom is 0.246 e. The summed E-state index contributed by atoms with van der Waals surface area (Å²) in [6, 6.07) is 4.80. The molecule has 1 aromatic rings. The summed E-state index contributed by atoms with van der Waals surface area (Å²) in [6.07, 6.45) is 0.556. The first-order valence-electron chi connectivity index (χ1n) is 6.84. The van der Waals surface area contributed by atoms with Crippen LogP contribution in [-0.2, 0) is 16.1 Å². The number of benzene rings is 1. The van der Waals surface area contributed by atoms with Gasteiger partial charge in [0.05, 0.1) is 10.0 Å². The van der Waals surface area contributed by atoms with Crippen LogP contribution in [0, 0.1) is 0 Å². The van der Waals surface area contributed by atoms with Gasteiger partial charge in [-0.15, -0.1) is 0 Å². The Bertz CT molecular complexity index is 587. The van der Waals surface area contributed by atoms with E-state index in [4.69, 9.17) is 23.2 Å². The number of hydrogen-bond acceptors (Lipinski definition) is 2. The Kier molecular flexibility index (Phi) is 4.49. The van der Waals surface area contributed by atoms with Gasteiger partial charge >= 0.3 is 0 Å². The Labute approximate surface area is 134 Å². The molecule has 0 bridgehead atoms. The molecule has 1 saturated heterocycles. The molecule has 1 N–H and O–H groups in total. The van der Waals surface area contributed by atoms with Crippen molar-refractivity contribution in [3.8, 4) is 0 Å². The summed E-state index contributed by atoms with van der Waals surface area (Å²) in [5, 5.41) is 3.61. The molecule has 114 valence electrons. The number of nitrogens with one attached hydrogen (secondary N) is 1. The quantitative estimate of drug-likeness (QED) is 0.927. The van der Waals surface area contributed by atoms with E-state index in [9.17, 15) is 9.59 Å². The van der Waals surface area contributed by atoms with Crippen LogP contribution in [0.15, 0.2) is 18.2 Å². The molecule has 0 aliphatic carbocycles. The second kappa shape index (κ2) is 5.85. The van der Waals surface area contributed by atoms with E-state index in [0.717, 1.165) is 5.56 Å². The van der Waals surface area contributed by atoms with Crippen LogP contribution < -0.4 is 5.32 Å². The predicted molar refractivity (Wildman–Crippen MR) is 83.3 cm³/mol. The zero-order chi connectivity index (χ0) is 15.8. The van der Waals surface area contributed by atoms with Gasteiger partial charge in [0.25, 0.3) is 0 Å². The Balaban J connectivity index is 2.36. The minimum atomic E-state index is -0.922. The van der Waals surface area contributed by atoms with E-state index < -0.39 is 11.6 Å². The highest BCUT2D eigenvalue weighted by Crippen LogP contribution is 2.30. The van der Waals surface area contributed by atoms with E-state index in [0.29, 0.717) is 16.5 Å². The smallest absolute Gasteiger partial charge is 0.246 e. The highest BCUT2D eigenvalue weighted by atomic mass is 35.5. The third-order valence-corrected chi connectivity index (χ3v) is 4.73. The van der Waals surface area contributed by atoms with Crippen LogP contribution in [0.25, 0.3) is 0 Å². The van der Waals surface area contributed by atoms with Crippen LogP contribution in [0.5, 0.6) is 0 Å². The first kappa shape index (κ1) is 16.1. The highest BCUT2D eigenvalue weighted by molar-refractivity contribution is 6.42. The van der Waals surface area contributed by atoms with Crippen molar-refractivity contribution in [2.24, 2.45) is 0 Å². The number of amides is 2. The third kappa shape index (κ3) is 2.87. The molecular formula is C15H18Cl2N2O2. The summed E-state index contributed by atoms with van der Waals surface area (Å²) in [5.74, 6) is -0.259. The van der Waals surface area contributed by atoms with Gasteiger partial charge in [0.1, 0.15) is 11.6 Å². The Hall–Kier alpha value is -1.26. The summed E-state index contributed by atoms with van der Waals surface area (Å²) in [5.41, 5.74) is -0.191. The Morgan fingerprint density at radius 3 is 2.57 bits per heavy atom. The molecule has 0 aromatic heterocycles. The average molecular weight is 329 g/mol. The van der Waals surface area contributed by atoms with E-state index in [1.165, 1.54) is 0 Å². The lowest BCUT2D eigenvalue weighted by molar-refractivity contribution is -0.156. The maximum atomic E-state index is 12.6. The van der Waals surface area contributed by atoms with Crippen molar-refractivity contribution < 1.29 is 9.59 Å². The second-order valence-electron chi connectivity index (χ2n) is 5.63. The molecule has 1 aromatic carbocycles. The van der Waals surface area contributed by atoms with E-state index >= 15 is 0 Å². The summed E-state index contributed by atoms with van der Waals surface area (Å²) in [6.45, 7) is 5.58. The fraction of sp³-hybridized carbons (Fsp3) is 0.467. The van der Waals surface area contributed by atoms with Crippen LogP contribution >= 0.6 is 23.2 Å². The maximum absolute atomic E-state index is 12.6. The molecule has 1 unspecified atom stereocenters. The van der Waals surface area contributed by atoms with E-state index in [2.05, 4.69) is 5.32 Å². The average Bonchev–Trinajstić information content (AvgIpc) is 2.43. The zero-order valence-corrected chi connectivity index (χ0v) is 13.8. The largest absolute Gasteiger partial charge is 0.342 e. The molecule has 1 aliphatic rings. The van der Waals surface area contributed by atoms with Gasteiger partial charge in [-0.05, 0) is 31.9 Å². The van der Waals surface area contributed by atoms with Crippen LogP contribution in [0.3, 0.4) is 0 Å². The minimum absolute atomic E-state index is 0.0989. The standard InChI is InChI=1S/C15H18Cl2N2O2/c1-4-11-13(20)19(15(2,3)14(21)18-11)8-9-6-5-7-10(16)12(9)17/h5-7,11H,4,8H2,1-3H3,(H,18,21). The van der Waals surface area contributed by atoms with Crippen molar-refractivity contribution >= 4 is 35.0 Å². The monoisotopic (exact) mass is 328 g/mol. The fourth-order valence-electron chi connectivity index (χ4n) is 2.38. The topological polar surface area (TPSA) is 49.4 Å². The Morgan fingerprint density at radius 2 is 1.95 bits per heavy atom. The van der Waals surface area contributed by atoms with Crippen LogP contribution in [0.1, 0.15) is 32.8 Å². The number of halogens is 2. The molecule has 1 aliphatic heterocycles. The number of carbonyl (C=O) groups excluding carboxylic acids is 2. The third-order valence-electron chi connectivity index (χ3n) is 3.87. The van der Waals surface area contributed by atoms with Gasteiger partial charge in [-0.2, -0.15) is 0 Å². The van der Waals surface area contributed by atoms with Gasteiger partial charge in [-0.25, -0.2) is 0 Å². The number of nitrogens with zero attached hydrogens (tertiary/aromatic N) is 1. The lowest BCUT2D eigenvalue weighted by Gasteiger charge is -2.44. The van der Waals surface area contributed by atoms with Gasteiger partial charge in [0, 0.05) is 6.54 Å². The van der Waals surface area contributed by atoms with Crippen LogP contribution in [0.4, 0.5) is 0 Å². The zero-order valence-electron chi connectivity index (χ0n) is 12.2. The molecule has 0 saturated carbocycles. The molecule has 0 spiro atoms. The fourth-order valence-corrected chi connectivity index (χ4v) is 2.76. The first-order chi connectivity index (χ1) is 9.78. The van der Waals surface area contributed by atoms with Gasteiger partial charge in [0.2, 0.25) is 11.8 Å². The van der Waals surface area contributed by atoms with Gasteiger partial charge in [-0.1, -0.05) is 42.3 Å². The van der Waals surface area contributed by atoms with Crippen molar-refractivity contribution in [1.82, 2.24) is 10.2 Å². The van der Waals surface area contributed by atoms with Crippen molar-refractivity contribution in [2.45, 2.75) is 45.3 Å². The molecule has 21 heavy (non-hydrogen) atoms. The molecule has 2 rings (SSSR count). The number of rotatable bonds is 3. The van der Waals surface area contributed by atoms with E-state index in [1.807, 2.05) is 13.0 Å². The number of carbonyl (C=O) groups is 2. The van der Waals surface area contributed by atoms with Crippen molar-refractivity contribution in [2.75, 3.05) is 0 Å². The first-order valence-corrected chi connectivity index (χ1v) is 7.60. The van der Waals surface area contributed by atoms with Crippen molar-refractivity contribution in [3.05, 3.63) is 33.8 Å². The lowest BCUT2D eigenvalue weighted by Crippen LogP contribution is -2.67. The second-order valence-corrected chi connectivity index (χ2v) is 6.42. The molecule has 1 fully saturated rings. The van der Waals surface area contributed by atoms with Gasteiger partial charge in [-0.3, -0.25) is 9.59 Å². The van der Waals surface area contributed by atoms with Gasteiger partial charge < -0.3 is 10.2 Å². The van der Waals surface area contributed by atoms with Crippen LogP contribution in [0.2, 0.25) is 10.0 Å². The molecule has 4 nitrogen and oxygen atoms in total. The number of hydrogen-bond donors (Lipinski definition) is 1. The minimum Gasteiger partial charge on any atom is -0.342 e. The van der Waals surface area contributed by atoms with E-state index in [-0.39, 0.29) is 18.4 Å². The van der Waals surface area contributed by atoms with Crippen molar-refractivity contribution in [1.29, 1.82) is 0 Å². The molecule has 0 radical (unpaired) electrons. The van der Waals surface area contributed by atoms with Gasteiger partial charge in [0.15, 0.2) is 0 Å². The molecular weight excluding hydrogens is 311 g/mol. The predicted octanol–water partition coefficient (Wildman–Crippen LogP) is 3.01. The Morgan fingerprint density at radius 1 is 1.29 bits per heavy atom. The molecule has 2 amide bonds. The summed E-state index contributed by atoms with van der Waals surface area (Å²) < 4.78 is 0. The summed E-state index contributed by atoms with van der Waals surface area (Å²) >= 11 is 12.2. The van der Waals surface area contributed by atoms with Crippen LogP contribution in [-0.4, -0.2) is 28.3 Å².